The van der Waals surface area contributed by atoms with Gasteiger partial charge in [0.05, 0.1) is 0 Å². The lowest BCUT2D eigenvalue weighted by Crippen LogP contribution is -2.37. The first-order chi connectivity index (χ1) is 8.92. The molecular weight excluding hydrogens is 310 g/mol. The van der Waals surface area contributed by atoms with Gasteiger partial charge in [-0.1, -0.05) is 28.1 Å². The molecule has 1 heterocycles. The van der Waals surface area contributed by atoms with Gasteiger partial charge in [0, 0.05) is 30.0 Å². The second kappa shape index (κ2) is 5.16. The number of amides is 1. The Morgan fingerprint density at radius 3 is 2.84 bits per heavy atom. The molecule has 1 N–H and O–H groups in total. The Morgan fingerprint density at radius 1 is 1.53 bits per heavy atom. The van der Waals surface area contributed by atoms with E-state index in [0.717, 1.165) is 4.47 Å². The molecule has 1 aliphatic heterocycles. The zero-order chi connectivity index (χ0) is 14.0. The van der Waals surface area contributed by atoms with Gasteiger partial charge in [0.15, 0.2) is 0 Å². The Morgan fingerprint density at radius 2 is 2.26 bits per heavy atom. The molecule has 19 heavy (non-hydrogen) atoms. The van der Waals surface area contributed by atoms with Crippen LogP contribution in [0.3, 0.4) is 0 Å². The van der Waals surface area contributed by atoms with E-state index in [-0.39, 0.29) is 6.42 Å². The van der Waals surface area contributed by atoms with Crippen LogP contribution in [0.25, 0.3) is 0 Å². The van der Waals surface area contributed by atoms with Crippen LogP contribution in [0.2, 0.25) is 0 Å². The first-order valence-corrected chi connectivity index (χ1v) is 6.53. The quantitative estimate of drug-likeness (QED) is 0.481. The molecule has 1 atom stereocenters. The second-order valence-electron chi connectivity index (χ2n) is 4.43. The van der Waals surface area contributed by atoms with E-state index in [1.807, 2.05) is 0 Å². The number of hydrogen-bond acceptors (Lipinski definition) is 3. The van der Waals surface area contributed by atoms with Crippen LogP contribution >= 0.6 is 15.9 Å². The maximum atomic E-state index is 11.9. The average molecular weight is 322 g/mol. The third kappa shape index (κ3) is 2.86. The number of hydrogen-bond donors (Lipinski definition) is 1. The van der Waals surface area contributed by atoms with Crippen LogP contribution in [0.4, 0.5) is 0 Å². The van der Waals surface area contributed by atoms with E-state index in [9.17, 15) is 14.7 Å². The van der Waals surface area contributed by atoms with Crippen LogP contribution in [0.5, 0.6) is 0 Å². The molecule has 0 aromatic heterocycles. The normalized spacial score (nSPS) is 22.1. The standard InChI is InChI=1S/C14H12BrNO3/c1-16-8-7-14(19,13(16)18)6-5-12(17)10-3-2-4-11(15)9-10/h2-4,9,19H,7-8H2,1H3/t14-/m0/s1. The maximum absolute atomic E-state index is 11.9. The van der Waals surface area contributed by atoms with E-state index in [0.29, 0.717) is 12.1 Å². The Kier molecular flexibility index (Phi) is 3.74. The number of ketones is 1. The van der Waals surface area contributed by atoms with Gasteiger partial charge in [-0.2, -0.15) is 0 Å². The van der Waals surface area contributed by atoms with E-state index >= 15 is 0 Å². The van der Waals surface area contributed by atoms with Crippen molar-refractivity contribution in [3.05, 3.63) is 34.3 Å². The summed E-state index contributed by atoms with van der Waals surface area (Å²) in [5.41, 5.74) is -1.31. The summed E-state index contributed by atoms with van der Waals surface area (Å²) < 4.78 is 0.774. The molecule has 0 aliphatic carbocycles. The molecule has 0 unspecified atom stereocenters. The molecule has 0 spiro atoms. The average Bonchev–Trinajstić information content (AvgIpc) is 2.65. The van der Waals surface area contributed by atoms with Crippen LogP contribution in [0, 0.1) is 11.8 Å². The van der Waals surface area contributed by atoms with Gasteiger partial charge in [0.1, 0.15) is 0 Å². The summed E-state index contributed by atoms with van der Waals surface area (Å²) >= 11 is 3.27. The van der Waals surface area contributed by atoms with E-state index in [4.69, 9.17) is 0 Å². The summed E-state index contributed by atoms with van der Waals surface area (Å²) in [5, 5.41) is 10.1. The van der Waals surface area contributed by atoms with Crippen LogP contribution < -0.4 is 0 Å². The van der Waals surface area contributed by atoms with Crippen molar-refractivity contribution in [3.63, 3.8) is 0 Å². The molecule has 1 aromatic carbocycles. The van der Waals surface area contributed by atoms with E-state index in [1.54, 1.807) is 31.3 Å². The predicted molar refractivity (Wildman–Crippen MR) is 73.5 cm³/mol. The molecule has 0 saturated carbocycles. The molecule has 2 rings (SSSR count). The van der Waals surface area contributed by atoms with E-state index in [2.05, 4.69) is 27.8 Å². The van der Waals surface area contributed by atoms with Crippen LogP contribution in [0.15, 0.2) is 28.7 Å². The molecule has 0 bridgehead atoms. The highest BCUT2D eigenvalue weighted by atomic mass is 79.9. The minimum absolute atomic E-state index is 0.223. The van der Waals surface area contributed by atoms with Crippen LogP contribution in [-0.2, 0) is 4.79 Å². The van der Waals surface area contributed by atoms with Crippen molar-refractivity contribution in [1.29, 1.82) is 0 Å². The number of carbonyl (C=O) groups excluding carboxylic acids is 2. The van der Waals surface area contributed by atoms with Gasteiger partial charge in [-0.25, -0.2) is 0 Å². The van der Waals surface area contributed by atoms with Gasteiger partial charge in [0.2, 0.25) is 11.4 Å². The van der Waals surface area contributed by atoms with Gasteiger partial charge >= 0.3 is 0 Å². The largest absolute Gasteiger partial charge is 0.369 e. The second-order valence-corrected chi connectivity index (χ2v) is 5.34. The first kappa shape index (κ1) is 13.8. The van der Waals surface area contributed by atoms with E-state index < -0.39 is 17.3 Å². The van der Waals surface area contributed by atoms with Crippen LogP contribution in [0.1, 0.15) is 16.8 Å². The Bertz CT molecular complexity index is 602. The predicted octanol–water partition coefficient (Wildman–Crippen LogP) is 1.23. The fourth-order valence-electron chi connectivity index (χ4n) is 1.83. The number of aliphatic hydroxyl groups is 1. The highest BCUT2D eigenvalue weighted by molar-refractivity contribution is 9.10. The summed E-state index contributed by atoms with van der Waals surface area (Å²) in [6.45, 7) is 0.440. The van der Waals surface area contributed by atoms with Crippen molar-refractivity contribution in [3.8, 4) is 11.8 Å². The third-order valence-corrected chi connectivity index (χ3v) is 3.47. The van der Waals surface area contributed by atoms with Crippen molar-refractivity contribution < 1.29 is 14.7 Å². The summed E-state index contributed by atoms with van der Waals surface area (Å²) in [4.78, 5) is 24.9. The van der Waals surface area contributed by atoms with Crippen molar-refractivity contribution >= 4 is 27.6 Å². The van der Waals surface area contributed by atoms with Gasteiger partial charge in [-0.3, -0.25) is 9.59 Å². The summed E-state index contributed by atoms with van der Waals surface area (Å²) in [6.07, 6.45) is 0.223. The Hall–Kier alpha value is -1.64. The zero-order valence-electron chi connectivity index (χ0n) is 10.3. The molecule has 1 amide bonds. The van der Waals surface area contributed by atoms with Crippen molar-refractivity contribution in [2.24, 2.45) is 0 Å². The summed E-state index contributed by atoms with van der Waals surface area (Å²) in [5.74, 6) is 3.88. The molecule has 1 saturated heterocycles. The molecule has 0 radical (unpaired) electrons. The Balaban J connectivity index is 2.21. The minimum Gasteiger partial charge on any atom is -0.369 e. The number of Topliss-reactive ketones (excluding diaryl/α,β-unsaturated/α-hetero) is 1. The molecule has 4 nitrogen and oxygen atoms in total. The van der Waals surface area contributed by atoms with Crippen LogP contribution in [-0.4, -0.2) is 40.9 Å². The number of rotatable bonds is 1. The number of likely N-dealkylation sites (tertiary alicyclic amines) is 1. The summed E-state index contributed by atoms with van der Waals surface area (Å²) in [7, 11) is 1.60. The lowest BCUT2D eigenvalue weighted by Gasteiger charge is -2.12. The molecular formula is C14H12BrNO3. The van der Waals surface area contributed by atoms with Gasteiger partial charge in [-0.05, 0) is 24.0 Å². The molecule has 98 valence electrons. The lowest BCUT2D eigenvalue weighted by atomic mass is 10.0. The fraction of sp³-hybridized carbons (Fsp3) is 0.286. The highest BCUT2D eigenvalue weighted by Gasteiger charge is 2.42. The van der Waals surface area contributed by atoms with Gasteiger partial charge in [0.25, 0.3) is 5.91 Å². The minimum atomic E-state index is -1.73. The lowest BCUT2D eigenvalue weighted by molar-refractivity contribution is -0.137. The topological polar surface area (TPSA) is 57.6 Å². The number of nitrogens with zero attached hydrogens (tertiary/aromatic N) is 1. The smallest absolute Gasteiger partial charge is 0.267 e. The highest BCUT2D eigenvalue weighted by Crippen LogP contribution is 2.20. The maximum Gasteiger partial charge on any atom is 0.267 e. The third-order valence-electron chi connectivity index (χ3n) is 2.98. The van der Waals surface area contributed by atoms with Gasteiger partial charge < -0.3 is 10.0 Å². The molecule has 5 heteroatoms. The number of likely N-dealkylation sites (N-methyl/N-ethyl adjacent to an activating group) is 1. The van der Waals surface area contributed by atoms with Crippen molar-refractivity contribution in [1.82, 2.24) is 4.90 Å². The van der Waals surface area contributed by atoms with Crippen molar-refractivity contribution in [2.75, 3.05) is 13.6 Å². The van der Waals surface area contributed by atoms with Crippen molar-refractivity contribution in [2.45, 2.75) is 12.0 Å². The molecule has 1 aliphatic rings. The molecule has 1 aromatic rings. The zero-order valence-corrected chi connectivity index (χ0v) is 11.9. The number of halogens is 1. The SMILES string of the molecule is CN1CC[C@@](O)(C#CC(=O)c2cccc(Br)c2)C1=O. The van der Waals surface area contributed by atoms with E-state index in [1.165, 1.54) is 4.90 Å². The first-order valence-electron chi connectivity index (χ1n) is 5.73. The fourth-order valence-corrected chi connectivity index (χ4v) is 2.23. The molecule has 1 fully saturated rings. The van der Waals surface area contributed by atoms with Gasteiger partial charge in [-0.15, -0.1) is 0 Å². The monoisotopic (exact) mass is 321 g/mol. The number of benzene rings is 1. The Labute approximate surface area is 119 Å². The summed E-state index contributed by atoms with van der Waals surface area (Å²) in [6, 6.07) is 6.80. The number of carbonyl (C=O) groups is 2.